The van der Waals surface area contributed by atoms with Crippen LogP contribution in [0.5, 0.6) is 17.2 Å². The molecule has 2 amide bonds. The maximum Gasteiger partial charge on any atom is 0.326 e. The maximum atomic E-state index is 13.4. The summed E-state index contributed by atoms with van der Waals surface area (Å²) in [4.78, 5) is 49.4. The fourth-order valence-electron chi connectivity index (χ4n) is 5.25. The van der Waals surface area contributed by atoms with Crippen molar-refractivity contribution in [2.45, 2.75) is 65.0 Å². The lowest BCUT2D eigenvalue weighted by atomic mass is 9.95. The first kappa shape index (κ1) is 32.2. The van der Waals surface area contributed by atoms with Crippen LogP contribution in [0, 0.1) is 5.92 Å². The Morgan fingerprint density at radius 2 is 1.79 bits per heavy atom. The highest BCUT2D eigenvalue weighted by Crippen LogP contribution is 2.50. The summed E-state index contributed by atoms with van der Waals surface area (Å²) < 4.78 is 17.0. The molecule has 0 radical (unpaired) electrons. The molecule has 0 spiro atoms. The molecule has 1 aliphatic rings. The van der Waals surface area contributed by atoms with Crippen LogP contribution < -0.4 is 35.6 Å². The van der Waals surface area contributed by atoms with Crippen LogP contribution >= 0.6 is 0 Å². The van der Waals surface area contributed by atoms with Crippen molar-refractivity contribution in [1.82, 2.24) is 10.6 Å². The van der Waals surface area contributed by atoms with E-state index in [4.69, 9.17) is 14.2 Å². The molecule has 0 saturated carbocycles. The number of hydrogen-bond acceptors (Lipinski definition) is 8. The van der Waals surface area contributed by atoms with Gasteiger partial charge in [0.2, 0.25) is 23.0 Å². The highest BCUT2D eigenvalue weighted by atomic mass is 16.5. The number of methoxy groups -OCH3 is 3. The van der Waals surface area contributed by atoms with Crippen molar-refractivity contribution in [2.75, 3.05) is 33.2 Å². The zero-order chi connectivity index (χ0) is 31.0. The van der Waals surface area contributed by atoms with Gasteiger partial charge in [0.15, 0.2) is 11.5 Å². The van der Waals surface area contributed by atoms with E-state index in [-0.39, 0.29) is 29.6 Å². The fraction of sp³-hybridized carbons (Fsp3) is 0.484. The van der Waals surface area contributed by atoms with Gasteiger partial charge in [-0.1, -0.05) is 26.3 Å². The Labute approximate surface area is 245 Å². The lowest BCUT2D eigenvalue weighted by molar-refractivity contribution is -0.143. The lowest BCUT2D eigenvalue weighted by Crippen LogP contribution is -2.45. The van der Waals surface area contributed by atoms with Gasteiger partial charge in [0.05, 0.1) is 33.1 Å². The van der Waals surface area contributed by atoms with Crippen LogP contribution in [0.25, 0.3) is 11.1 Å². The summed E-state index contributed by atoms with van der Waals surface area (Å²) in [6.45, 7) is 5.41. The average molecular weight is 584 g/mol. The third-order valence-corrected chi connectivity index (χ3v) is 7.61. The zero-order valence-electron chi connectivity index (χ0n) is 25.1. The summed E-state index contributed by atoms with van der Waals surface area (Å²) in [5.41, 5.74) is 3.10. The van der Waals surface area contributed by atoms with Crippen molar-refractivity contribution in [2.24, 2.45) is 5.92 Å². The number of nitrogens with one attached hydrogen (secondary N) is 3. The van der Waals surface area contributed by atoms with Crippen molar-refractivity contribution in [3.8, 4) is 28.4 Å². The quantitative estimate of drug-likeness (QED) is 0.259. The van der Waals surface area contributed by atoms with Crippen LogP contribution in [0.4, 0.5) is 5.69 Å². The van der Waals surface area contributed by atoms with E-state index in [1.807, 2.05) is 19.1 Å². The standard InChI is InChI=1S/C31H41N3O8/c1-7-17(2)28(31(38)39)34-26(37)9-8-14-32-23-13-11-20-21(16-24(23)36)22(33-18(3)35)12-10-19-15-25(40-4)29(41-5)30(42-6)27(19)20/h11,13,15-17,22,28H,7-10,12,14H2,1-6H3,(H,32,36)(H,33,35)(H,34,37)(H,38,39). The van der Waals surface area contributed by atoms with E-state index in [1.165, 1.54) is 20.1 Å². The number of anilines is 1. The number of carboxylic acid groups (broad SMARTS) is 1. The van der Waals surface area contributed by atoms with Gasteiger partial charge in [-0.05, 0) is 60.1 Å². The number of rotatable bonds is 13. The van der Waals surface area contributed by atoms with E-state index >= 15 is 0 Å². The van der Waals surface area contributed by atoms with Gasteiger partial charge in [-0.2, -0.15) is 0 Å². The number of carboxylic acids is 1. The molecule has 0 heterocycles. The summed E-state index contributed by atoms with van der Waals surface area (Å²) in [5.74, 6) is -0.424. The van der Waals surface area contributed by atoms with Gasteiger partial charge in [0.1, 0.15) is 6.04 Å². The van der Waals surface area contributed by atoms with Crippen molar-refractivity contribution < 1.29 is 33.7 Å². The van der Waals surface area contributed by atoms with Gasteiger partial charge in [-0.15, -0.1) is 0 Å². The van der Waals surface area contributed by atoms with Crippen LogP contribution in [-0.2, 0) is 20.8 Å². The molecule has 0 aliphatic heterocycles. The van der Waals surface area contributed by atoms with E-state index in [0.717, 1.165) is 11.1 Å². The molecule has 3 rings (SSSR count). The van der Waals surface area contributed by atoms with E-state index in [1.54, 1.807) is 27.2 Å². The van der Waals surface area contributed by atoms with E-state index < -0.39 is 18.1 Å². The van der Waals surface area contributed by atoms with E-state index in [9.17, 15) is 24.3 Å². The topological polar surface area (TPSA) is 152 Å². The zero-order valence-corrected chi connectivity index (χ0v) is 25.1. The third-order valence-electron chi connectivity index (χ3n) is 7.61. The number of aryl methyl sites for hydroxylation is 1. The van der Waals surface area contributed by atoms with Gasteiger partial charge >= 0.3 is 5.97 Å². The maximum absolute atomic E-state index is 13.4. The lowest BCUT2D eigenvalue weighted by Gasteiger charge is -2.20. The van der Waals surface area contributed by atoms with Gasteiger partial charge in [0, 0.05) is 25.5 Å². The number of carbonyl (C=O) groups excluding carboxylic acids is 2. The molecule has 2 aromatic carbocycles. The first-order chi connectivity index (χ1) is 20.1. The Kier molecular flexibility index (Phi) is 11.2. The van der Waals surface area contributed by atoms with E-state index in [0.29, 0.717) is 66.3 Å². The summed E-state index contributed by atoms with van der Waals surface area (Å²) in [6, 6.07) is 5.56. The molecule has 0 saturated heterocycles. The number of amides is 2. The third kappa shape index (κ3) is 7.32. The van der Waals surface area contributed by atoms with Gasteiger partial charge in [-0.25, -0.2) is 4.79 Å². The van der Waals surface area contributed by atoms with Gasteiger partial charge in [0.25, 0.3) is 0 Å². The molecule has 0 aromatic heterocycles. The number of aliphatic carboxylic acids is 1. The minimum atomic E-state index is -1.06. The van der Waals surface area contributed by atoms with Crippen LogP contribution in [0.15, 0.2) is 29.1 Å². The predicted molar refractivity (Wildman–Crippen MR) is 159 cm³/mol. The van der Waals surface area contributed by atoms with Crippen molar-refractivity contribution >= 4 is 23.5 Å². The van der Waals surface area contributed by atoms with Crippen molar-refractivity contribution in [1.29, 1.82) is 0 Å². The fourth-order valence-corrected chi connectivity index (χ4v) is 5.25. The monoisotopic (exact) mass is 583 g/mol. The molecular formula is C31H41N3O8. The Bertz CT molecular complexity index is 1380. The molecule has 2 aromatic rings. The Hall–Kier alpha value is -4.28. The SMILES string of the molecule is CCC(C)C(NC(=O)CCCNc1ccc2c(cc1=O)C(NC(C)=O)CCc1cc(OC)c(OC)c(OC)c1-2)C(=O)O. The molecule has 3 atom stereocenters. The van der Waals surface area contributed by atoms with Crippen molar-refractivity contribution in [3.05, 3.63) is 45.6 Å². The minimum absolute atomic E-state index is 0.105. The number of ether oxygens (including phenoxy) is 3. The van der Waals surface area contributed by atoms with Crippen LogP contribution in [0.3, 0.4) is 0 Å². The molecule has 4 N–H and O–H groups in total. The minimum Gasteiger partial charge on any atom is -0.493 e. The molecule has 11 heteroatoms. The molecule has 0 bridgehead atoms. The van der Waals surface area contributed by atoms with Gasteiger partial charge < -0.3 is 35.3 Å². The summed E-state index contributed by atoms with van der Waals surface area (Å²) in [6.07, 6.45) is 2.26. The predicted octanol–water partition coefficient (Wildman–Crippen LogP) is 3.67. The summed E-state index contributed by atoms with van der Waals surface area (Å²) >= 11 is 0. The van der Waals surface area contributed by atoms with Crippen LogP contribution in [0.2, 0.25) is 0 Å². The van der Waals surface area contributed by atoms with Gasteiger partial charge in [-0.3, -0.25) is 14.4 Å². The number of fused-ring (bicyclic) bond motifs is 3. The molecular weight excluding hydrogens is 542 g/mol. The molecule has 42 heavy (non-hydrogen) atoms. The summed E-state index contributed by atoms with van der Waals surface area (Å²) in [5, 5.41) is 18.1. The Balaban J connectivity index is 1.93. The van der Waals surface area contributed by atoms with Crippen LogP contribution in [0.1, 0.15) is 63.6 Å². The second-order valence-corrected chi connectivity index (χ2v) is 10.4. The number of benzene rings is 1. The second kappa shape index (κ2) is 14.6. The Morgan fingerprint density at radius 1 is 1.07 bits per heavy atom. The summed E-state index contributed by atoms with van der Waals surface area (Å²) in [7, 11) is 4.62. The first-order valence-electron chi connectivity index (χ1n) is 14.1. The largest absolute Gasteiger partial charge is 0.493 e. The molecule has 11 nitrogen and oxygen atoms in total. The molecule has 1 aliphatic carbocycles. The molecule has 0 fully saturated rings. The Morgan fingerprint density at radius 3 is 2.38 bits per heavy atom. The number of carbonyl (C=O) groups is 3. The highest BCUT2D eigenvalue weighted by Gasteiger charge is 2.29. The van der Waals surface area contributed by atoms with Crippen LogP contribution in [-0.4, -0.2) is 56.8 Å². The molecule has 228 valence electrons. The molecule has 3 unspecified atom stereocenters. The normalized spacial score (nSPS) is 15.1. The first-order valence-corrected chi connectivity index (χ1v) is 14.1. The number of hydrogen-bond donors (Lipinski definition) is 4. The van der Waals surface area contributed by atoms with E-state index in [2.05, 4.69) is 16.0 Å². The second-order valence-electron chi connectivity index (χ2n) is 10.4. The van der Waals surface area contributed by atoms with Crippen molar-refractivity contribution in [3.63, 3.8) is 0 Å². The highest BCUT2D eigenvalue weighted by molar-refractivity contribution is 5.84. The smallest absolute Gasteiger partial charge is 0.326 e. The average Bonchev–Trinajstić information content (AvgIpc) is 3.20.